The first-order chi connectivity index (χ1) is 9.36. The second-order valence-corrected chi connectivity index (χ2v) is 4.69. The van der Waals surface area contributed by atoms with Crippen molar-refractivity contribution in [1.29, 1.82) is 0 Å². The minimum Gasteiger partial charge on any atom is -0.322 e. The summed E-state index contributed by atoms with van der Waals surface area (Å²) >= 11 is 0. The van der Waals surface area contributed by atoms with Crippen molar-refractivity contribution in [3.63, 3.8) is 0 Å². The molecule has 0 N–H and O–H groups in total. The summed E-state index contributed by atoms with van der Waals surface area (Å²) in [4.78, 5) is 9.06. The molecule has 1 fully saturated rings. The molecule has 5 heteroatoms. The molecule has 19 heavy (non-hydrogen) atoms. The van der Waals surface area contributed by atoms with Gasteiger partial charge in [-0.25, -0.2) is 0 Å². The minimum atomic E-state index is 0.634. The van der Waals surface area contributed by atoms with Gasteiger partial charge in [0.2, 0.25) is 5.82 Å². The number of likely N-dealkylation sites (N-methyl/N-ethyl adjacent to an activating group) is 1. The summed E-state index contributed by atoms with van der Waals surface area (Å²) in [5, 5.41) is 4.06. The normalized spacial score (nSPS) is 16.8. The number of nitrogens with zero attached hydrogens (tertiary/aromatic N) is 4. The highest BCUT2D eigenvalue weighted by Gasteiger charge is 2.20. The fourth-order valence-electron chi connectivity index (χ4n) is 2.30. The van der Waals surface area contributed by atoms with Gasteiger partial charge in [0, 0.05) is 31.7 Å². The van der Waals surface area contributed by atoms with E-state index in [1.807, 2.05) is 30.3 Å². The Bertz CT molecular complexity index is 517. The van der Waals surface area contributed by atoms with Gasteiger partial charge >= 0.3 is 6.01 Å². The molecule has 0 bridgehead atoms. The topological polar surface area (TPSA) is 45.4 Å². The van der Waals surface area contributed by atoms with Crippen LogP contribution in [0.2, 0.25) is 0 Å². The van der Waals surface area contributed by atoms with Crippen molar-refractivity contribution < 1.29 is 4.52 Å². The Kier molecular flexibility index (Phi) is 3.46. The van der Waals surface area contributed by atoms with E-state index in [-0.39, 0.29) is 0 Å². The zero-order valence-corrected chi connectivity index (χ0v) is 11.1. The monoisotopic (exact) mass is 258 g/mol. The quantitative estimate of drug-likeness (QED) is 0.841. The van der Waals surface area contributed by atoms with Crippen LogP contribution in [0.1, 0.15) is 6.92 Å². The summed E-state index contributed by atoms with van der Waals surface area (Å²) in [5.41, 5.74) is 0.990. The fourth-order valence-corrected chi connectivity index (χ4v) is 2.30. The Morgan fingerprint density at radius 3 is 2.53 bits per heavy atom. The number of benzene rings is 1. The van der Waals surface area contributed by atoms with Crippen LogP contribution < -0.4 is 4.90 Å². The number of rotatable bonds is 3. The summed E-state index contributed by atoms with van der Waals surface area (Å²) in [6.07, 6.45) is 0. The minimum absolute atomic E-state index is 0.634. The number of piperazine rings is 1. The van der Waals surface area contributed by atoms with Crippen LogP contribution in [0.5, 0.6) is 0 Å². The van der Waals surface area contributed by atoms with E-state index >= 15 is 0 Å². The fraction of sp³-hybridized carbons (Fsp3) is 0.429. The van der Waals surface area contributed by atoms with Gasteiger partial charge in [0.25, 0.3) is 0 Å². The lowest BCUT2D eigenvalue weighted by atomic mass is 10.2. The van der Waals surface area contributed by atoms with Gasteiger partial charge in [-0.1, -0.05) is 42.4 Å². The van der Waals surface area contributed by atoms with E-state index in [0.717, 1.165) is 38.3 Å². The summed E-state index contributed by atoms with van der Waals surface area (Å²) in [6, 6.07) is 10.5. The van der Waals surface area contributed by atoms with Crippen LogP contribution in [0, 0.1) is 0 Å². The van der Waals surface area contributed by atoms with Gasteiger partial charge in [0.15, 0.2) is 0 Å². The molecular formula is C14H18N4O. The van der Waals surface area contributed by atoms with Crippen LogP contribution in [-0.4, -0.2) is 47.8 Å². The lowest BCUT2D eigenvalue weighted by Gasteiger charge is -2.32. The average molecular weight is 258 g/mol. The second kappa shape index (κ2) is 5.40. The first-order valence-electron chi connectivity index (χ1n) is 6.73. The molecular weight excluding hydrogens is 240 g/mol. The highest BCUT2D eigenvalue weighted by Crippen LogP contribution is 2.20. The van der Waals surface area contributed by atoms with Crippen molar-refractivity contribution in [2.75, 3.05) is 37.6 Å². The Hall–Kier alpha value is -1.88. The van der Waals surface area contributed by atoms with Gasteiger partial charge in [0.1, 0.15) is 0 Å². The van der Waals surface area contributed by atoms with Crippen molar-refractivity contribution in [2.24, 2.45) is 0 Å². The van der Waals surface area contributed by atoms with Gasteiger partial charge in [-0.05, 0) is 6.54 Å². The third-order valence-corrected chi connectivity index (χ3v) is 3.54. The predicted octanol–water partition coefficient (Wildman–Crippen LogP) is 1.88. The van der Waals surface area contributed by atoms with E-state index in [4.69, 9.17) is 4.52 Å². The second-order valence-electron chi connectivity index (χ2n) is 4.69. The third-order valence-electron chi connectivity index (χ3n) is 3.54. The Morgan fingerprint density at radius 2 is 1.84 bits per heavy atom. The van der Waals surface area contributed by atoms with E-state index in [2.05, 4.69) is 26.9 Å². The Labute approximate surface area is 112 Å². The predicted molar refractivity (Wildman–Crippen MR) is 74.1 cm³/mol. The smallest absolute Gasteiger partial charge is 0.322 e. The largest absolute Gasteiger partial charge is 0.324 e. The summed E-state index contributed by atoms with van der Waals surface area (Å²) < 4.78 is 5.37. The molecule has 1 aliphatic heterocycles. The molecule has 5 nitrogen and oxygen atoms in total. The van der Waals surface area contributed by atoms with Crippen LogP contribution >= 0.6 is 0 Å². The van der Waals surface area contributed by atoms with Gasteiger partial charge in [-0.15, -0.1) is 0 Å². The van der Waals surface area contributed by atoms with E-state index in [0.29, 0.717) is 11.8 Å². The van der Waals surface area contributed by atoms with Crippen molar-refractivity contribution in [3.05, 3.63) is 30.3 Å². The molecule has 0 saturated carbocycles. The molecule has 0 spiro atoms. The number of hydrogen-bond acceptors (Lipinski definition) is 5. The highest BCUT2D eigenvalue weighted by atomic mass is 16.5. The summed E-state index contributed by atoms with van der Waals surface area (Å²) in [7, 11) is 0. The Morgan fingerprint density at radius 1 is 1.11 bits per heavy atom. The molecule has 0 unspecified atom stereocenters. The number of aromatic nitrogens is 2. The van der Waals surface area contributed by atoms with E-state index in [1.54, 1.807) is 0 Å². The molecule has 0 amide bonds. The molecule has 2 heterocycles. The molecule has 2 aromatic rings. The molecule has 1 aromatic carbocycles. The SMILES string of the molecule is CCN1CCN(c2nc(-c3ccccc3)no2)CC1. The highest BCUT2D eigenvalue weighted by molar-refractivity contribution is 5.55. The van der Waals surface area contributed by atoms with E-state index in [1.165, 1.54) is 0 Å². The van der Waals surface area contributed by atoms with Crippen molar-refractivity contribution in [1.82, 2.24) is 15.0 Å². The molecule has 0 atom stereocenters. The molecule has 100 valence electrons. The zero-order chi connectivity index (χ0) is 13.1. The first kappa shape index (κ1) is 12.2. The van der Waals surface area contributed by atoms with Gasteiger partial charge in [0.05, 0.1) is 0 Å². The van der Waals surface area contributed by atoms with Gasteiger partial charge in [-0.3, -0.25) is 0 Å². The lowest BCUT2D eigenvalue weighted by Crippen LogP contribution is -2.46. The average Bonchev–Trinajstić information content (AvgIpc) is 2.98. The van der Waals surface area contributed by atoms with Crippen LogP contribution in [0.3, 0.4) is 0 Å². The summed E-state index contributed by atoms with van der Waals surface area (Å²) in [5.74, 6) is 0.661. The van der Waals surface area contributed by atoms with Crippen molar-refractivity contribution in [2.45, 2.75) is 6.92 Å². The molecule has 1 aromatic heterocycles. The van der Waals surface area contributed by atoms with Crippen LogP contribution in [0.15, 0.2) is 34.9 Å². The van der Waals surface area contributed by atoms with Crippen molar-refractivity contribution >= 4 is 6.01 Å². The Balaban J connectivity index is 1.72. The molecule has 0 aliphatic carbocycles. The number of anilines is 1. The van der Waals surface area contributed by atoms with Crippen molar-refractivity contribution in [3.8, 4) is 11.4 Å². The molecule has 0 radical (unpaired) electrons. The maximum atomic E-state index is 5.37. The molecule has 1 aliphatic rings. The molecule has 3 rings (SSSR count). The zero-order valence-electron chi connectivity index (χ0n) is 11.1. The first-order valence-corrected chi connectivity index (χ1v) is 6.73. The maximum Gasteiger partial charge on any atom is 0.324 e. The number of hydrogen-bond donors (Lipinski definition) is 0. The van der Waals surface area contributed by atoms with Gasteiger partial charge < -0.3 is 14.3 Å². The maximum absolute atomic E-state index is 5.37. The van der Waals surface area contributed by atoms with Crippen LogP contribution in [0.4, 0.5) is 6.01 Å². The molecule has 1 saturated heterocycles. The van der Waals surface area contributed by atoms with Gasteiger partial charge in [-0.2, -0.15) is 4.98 Å². The van der Waals surface area contributed by atoms with Crippen LogP contribution in [-0.2, 0) is 0 Å². The standard InChI is InChI=1S/C14H18N4O/c1-2-17-8-10-18(11-9-17)14-15-13(16-19-14)12-6-4-3-5-7-12/h3-7H,2,8-11H2,1H3. The summed E-state index contributed by atoms with van der Waals surface area (Å²) in [6.45, 7) is 7.30. The van der Waals surface area contributed by atoms with E-state index in [9.17, 15) is 0 Å². The van der Waals surface area contributed by atoms with Crippen LogP contribution in [0.25, 0.3) is 11.4 Å². The lowest BCUT2D eigenvalue weighted by molar-refractivity contribution is 0.262. The third kappa shape index (κ3) is 2.61. The van der Waals surface area contributed by atoms with E-state index < -0.39 is 0 Å².